The van der Waals surface area contributed by atoms with Crippen LogP contribution in [0.3, 0.4) is 0 Å². The molecule has 0 saturated heterocycles. The third-order valence-corrected chi connectivity index (χ3v) is 7.24. The highest BCUT2D eigenvalue weighted by molar-refractivity contribution is 6.28. The lowest BCUT2D eigenvalue weighted by Crippen LogP contribution is -1.91. The first kappa shape index (κ1) is 10.9. The van der Waals surface area contributed by atoms with Gasteiger partial charge in [0.25, 0.3) is 0 Å². The fraction of sp³-hybridized carbons (Fsp3) is 0. The van der Waals surface area contributed by atoms with Gasteiger partial charge in [-0.3, -0.25) is 0 Å². The quantitative estimate of drug-likeness (QED) is 0.199. The van der Waals surface area contributed by atoms with Gasteiger partial charge >= 0.3 is 0 Å². The molecule has 0 spiro atoms. The van der Waals surface area contributed by atoms with Gasteiger partial charge in [-0.2, -0.15) is 0 Å². The predicted molar refractivity (Wildman–Crippen MR) is 175 cm³/mol. The van der Waals surface area contributed by atoms with Gasteiger partial charge < -0.3 is 4.42 Å². The van der Waals surface area contributed by atoms with Gasteiger partial charge in [0.2, 0.25) is 0 Å². The van der Waals surface area contributed by atoms with Crippen LogP contribution in [0.1, 0.15) is 26.0 Å². The van der Waals surface area contributed by atoms with Gasteiger partial charge in [-0.1, -0.05) is 133 Å². The molecule has 0 atom stereocenters. The fourth-order valence-electron chi connectivity index (χ4n) is 5.54. The summed E-state index contributed by atoms with van der Waals surface area (Å²) in [6.45, 7) is 0. The minimum Gasteiger partial charge on any atom is -0.455 e. The van der Waals surface area contributed by atoms with Crippen LogP contribution in [0.15, 0.2) is 150 Å². The number of benzene rings is 8. The second-order valence-corrected chi connectivity index (χ2v) is 9.38. The van der Waals surface area contributed by atoms with Crippen molar-refractivity contribution in [2.45, 2.75) is 0 Å². The van der Waals surface area contributed by atoms with Crippen LogP contribution in [0, 0.1) is 0 Å². The van der Waals surface area contributed by atoms with E-state index in [9.17, 15) is 11.0 Å². The standard InChI is InChI=1S/C40H24O/c1-2-13-26(14-3-1)37-29-17-7-9-19-31(29)38(32-20-10-8-18-30(32)37)35-24-36-34-23-22-25-12-4-5-15-27(25)39(34)41-40(36)33-21-11-6-16-28(33)35/h1-24H/i4D,5D,6D,7D,8D,9D,10D,11D,12D,15D,16D,17D,18D,19D,20D,21D,22D,23D,24D. The number of hydrogen-bond donors (Lipinski definition) is 0. The van der Waals surface area contributed by atoms with Crippen molar-refractivity contribution in [3.63, 3.8) is 0 Å². The molecule has 0 amide bonds. The molecule has 1 heterocycles. The molecule has 0 N–H and O–H groups in total. The Bertz CT molecular complexity index is 3440. The van der Waals surface area contributed by atoms with E-state index in [0.29, 0.717) is 5.56 Å². The van der Waals surface area contributed by atoms with Gasteiger partial charge in [0, 0.05) is 21.5 Å². The zero-order valence-corrected chi connectivity index (χ0v) is 20.8. The molecular weight excluding hydrogens is 496 g/mol. The van der Waals surface area contributed by atoms with E-state index >= 15 is 0 Å². The summed E-state index contributed by atoms with van der Waals surface area (Å²) in [6, 6.07) is -5.16. The molecule has 1 aromatic heterocycles. The normalized spacial score (nSPS) is 18.4. The van der Waals surface area contributed by atoms with Crippen LogP contribution < -0.4 is 0 Å². The topological polar surface area (TPSA) is 13.1 Å². The summed E-state index contributed by atoms with van der Waals surface area (Å²) in [5.74, 6) is 0. The average Bonchev–Trinajstić information content (AvgIpc) is 3.64. The van der Waals surface area contributed by atoms with E-state index in [1.807, 2.05) is 0 Å². The molecule has 0 saturated carbocycles. The Balaban J connectivity index is 1.71. The van der Waals surface area contributed by atoms with E-state index in [0.717, 1.165) is 0 Å². The number of hydrogen-bond acceptors (Lipinski definition) is 1. The Morgan fingerprint density at radius 3 is 1.61 bits per heavy atom. The summed E-state index contributed by atoms with van der Waals surface area (Å²) >= 11 is 0. The molecule has 0 aliphatic heterocycles. The van der Waals surface area contributed by atoms with E-state index < -0.39 is 148 Å². The molecule has 1 heteroatoms. The van der Waals surface area contributed by atoms with Crippen LogP contribution in [-0.4, -0.2) is 0 Å². The lowest BCUT2D eigenvalue weighted by molar-refractivity contribution is 0.676. The van der Waals surface area contributed by atoms with Crippen molar-refractivity contribution in [3.8, 4) is 22.3 Å². The highest BCUT2D eigenvalue weighted by atomic mass is 16.3. The highest BCUT2D eigenvalue weighted by Gasteiger charge is 2.21. The second-order valence-electron chi connectivity index (χ2n) is 9.38. The maximum absolute atomic E-state index is 10.0. The maximum atomic E-state index is 10.0. The summed E-state index contributed by atoms with van der Waals surface area (Å²) in [4.78, 5) is 0. The Labute approximate surface area is 263 Å². The third-order valence-electron chi connectivity index (χ3n) is 7.24. The van der Waals surface area contributed by atoms with Crippen molar-refractivity contribution in [1.29, 1.82) is 0 Å². The molecule has 8 aromatic carbocycles. The second kappa shape index (κ2) is 8.55. The Hall–Kier alpha value is -5.40. The van der Waals surface area contributed by atoms with Gasteiger partial charge in [0.1, 0.15) is 11.2 Å². The number of furan rings is 1. The van der Waals surface area contributed by atoms with Gasteiger partial charge in [-0.05, 0) is 66.7 Å². The monoisotopic (exact) mass is 539 g/mol. The largest absolute Gasteiger partial charge is 0.455 e. The van der Waals surface area contributed by atoms with Crippen LogP contribution in [0.25, 0.3) is 87.3 Å². The third kappa shape index (κ3) is 3.18. The molecular formula is C40H24O. The predicted octanol–water partition coefficient (Wildman–Crippen LogP) is 11.5. The van der Waals surface area contributed by atoms with E-state index in [1.54, 1.807) is 30.3 Å². The van der Waals surface area contributed by atoms with Crippen LogP contribution in [0.5, 0.6) is 0 Å². The first-order valence-electron chi connectivity index (χ1n) is 22.1. The summed E-state index contributed by atoms with van der Waals surface area (Å²) in [7, 11) is 0. The van der Waals surface area contributed by atoms with Crippen molar-refractivity contribution in [1.82, 2.24) is 0 Å². The average molecular weight is 540 g/mol. The van der Waals surface area contributed by atoms with E-state index in [-0.39, 0.29) is 48.7 Å². The van der Waals surface area contributed by atoms with Crippen molar-refractivity contribution in [2.75, 3.05) is 0 Å². The first-order chi connectivity index (χ1) is 28.3. The number of rotatable bonds is 2. The molecule has 41 heavy (non-hydrogen) atoms. The molecule has 9 rings (SSSR count). The molecule has 190 valence electrons. The molecule has 9 aromatic rings. The number of fused-ring (bicyclic) bond motifs is 9. The minimum absolute atomic E-state index is 0.00354. The molecule has 0 fully saturated rings. The first-order valence-corrected chi connectivity index (χ1v) is 12.6. The molecule has 1 nitrogen and oxygen atoms in total. The Kier molecular flexibility index (Phi) is 2.27. The minimum atomic E-state index is -0.795. The van der Waals surface area contributed by atoms with Gasteiger partial charge in [-0.15, -0.1) is 0 Å². The van der Waals surface area contributed by atoms with Gasteiger partial charge in [0.15, 0.2) is 0 Å². The van der Waals surface area contributed by atoms with Crippen molar-refractivity contribution >= 4 is 65.0 Å². The summed E-state index contributed by atoms with van der Waals surface area (Å²) in [5, 5.41) is -3.41. The van der Waals surface area contributed by atoms with Crippen LogP contribution in [0.2, 0.25) is 0 Å². The lowest BCUT2D eigenvalue weighted by atomic mass is 9.84. The molecule has 0 unspecified atom stereocenters. The zero-order valence-electron chi connectivity index (χ0n) is 39.8. The molecule has 0 bridgehead atoms. The van der Waals surface area contributed by atoms with Crippen molar-refractivity contribution in [2.24, 2.45) is 0 Å². The summed E-state index contributed by atoms with van der Waals surface area (Å²) in [5.41, 5.74) is -1.39. The van der Waals surface area contributed by atoms with E-state index in [1.165, 1.54) is 0 Å². The lowest BCUT2D eigenvalue weighted by Gasteiger charge is -2.19. The molecule has 0 aliphatic carbocycles. The molecule has 0 radical (unpaired) electrons. The molecule has 0 aliphatic rings. The Morgan fingerprint density at radius 1 is 0.415 bits per heavy atom. The van der Waals surface area contributed by atoms with Crippen molar-refractivity contribution < 1.29 is 30.5 Å². The zero-order chi connectivity index (χ0) is 43.4. The fourth-order valence-corrected chi connectivity index (χ4v) is 5.54. The SMILES string of the molecule is [2H]c1c([2H])c([2H])c2c(-c3c([2H])c4c(oc5c6c([2H])c([2H])c([2H])c([2H])c6c([2H])c([2H])c54)c4c([2H])c([2H])c([2H])c([2H])c34)c3c([2H])c([2H])c([2H])c([2H])c3c(-c3ccccc3)c2c1[2H]. The summed E-state index contributed by atoms with van der Waals surface area (Å²) < 4.78 is 177. The Morgan fingerprint density at radius 2 is 0.927 bits per heavy atom. The van der Waals surface area contributed by atoms with Gasteiger partial charge in [-0.25, -0.2) is 0 Å². The van der Waals surface area contributed by atoms with Crippen molar-refractivity contribution in [3.05, 3.63) is 145 Å². The highest BCUT2D eigenvalue weighted by Crippen LogP contribution is 2.48. The van der Waals surface area contributed by atoms with Crippen LogP contribution >= 0.6 is 0 Å². The van der Waals surface area contributed by atoms with Crippen LogP contribution in [0.4, 0.5) is 0 Å². The smallest absolute Gasteiger partial charge is 0.143 e. The van der Waals surface area contributed by atoms with Gasteiger partial charge in [0.05, 0.1) is 26.0 Å². The van der Waals surface area contributed by atoms with Crippen LogP contribution in [-0.2, 0) is 0 Å². The van der Waals surface area contributed by atoms with E-state index in [2.05, 4.69) is 0 Å². The van der Waals surface area contributed by atoms with E-state index in [4.69, 9.17) is 19.5 Å². The maximum Gasteiger partial charge on any atom is 0.143 e. The summed E-state index contributed by atoms with van der Waals surface area (Å²) in [6.07, 6.45) is 0.